The van der Waals surface area contributed by atoms with Crippen molar-refractivity contribution in [2.75, 3.05) is 43.7 Å². The maximum Gasteiger partial charge on any atom is 0.411 e. The summed E-state index contributed by atoms with van der Waals surface area (Å²) in [5.74, 6) is -5.05. The van der Waals surface area contributed by atoms with Crippen molar-refractivity contribution in [2.45, 2.75) is 37.5 Å². The molecule has 1 fully saturated rings. The predicted octanol–water partition coefficient (Wildman–Crippen LogP) is 3.40. The number of esters is 1. The van der Waals surface area contributed by atoms with Crippen LogP contribution in [0.25, 0.3) is 5.52 Å². The summed E-state index contributed by atoms with van der Waals surface area (Å²) in [4.78, 5) is 59.5. The van der Waals surface area contributed by atoms with Gasteiger partial charge >= 0.3 is 12.1 Å². The molecule has 12 nitrogen and oxygen atoms in total. The van der Waals surface area contributed by atoms with Crippen LogP contribution in [0.15, 0.2) is 55.0 Å². The molecule has 49 heavy (non-hydrogen) atoms. The first-order valence-electron chi connectivity index (χ1n) is 15.1. The first kappa shape index (κ1) is 33.5. The van der Waals surface area contributed by atoms with Crippen LogP contribution in [0.4, 0.5) is 28.9 Å². The number of morpholine rings is 1. The second-order valence-corrected chi connectivity index (χ2v) is 11.7. The number of carbonyl (C=O) groups is 4. The lowest BCUT2D eigenvalue weighted by Gasteiger charge is -2.38. The van der Waals surface area contributed by atoms with Gasteiger partial charge in [0.05, 0.1) is 49.0 Å². The van der Waals surface area contributed by atoms with E-state index in [1.165, 1.54) is 53.1 Å². The SMILES string of the molecule is COC(=O)[C@H](Cc1ccc(C2C(=O)c3ccncc3N(C)C2=O)n2nccc12)NC(=O)c1c(C)cc(N2CCOC[C@@H]2C(F)(F)F)cc1F. The average Bonchev–Trinajstić information content (AvgIpc) is 3.57. The number of Topliss-reactive ketones (excluding diaryl/α,β-unsaturated/α-hetero) is 1. The predicted molar refractivity (Wildman–Crippen MR) is 166 cm³/mol. The minimum absolute atomic E-state index is 0.0116. The fourth-order valence-corrected chi connectivity index (χ4v) is 6.34. The van der Waals surface area contributed by atoms with Gasteiger partial charge in [-0.15, -0.1) is 0 Å². The molecule has 2 aliphatic heterocycles. The smallest absolute Gasteiger partial charge is 0.411 e. The number of methoxy groups -OCH3 is 1. The molecule has 5 heterocycles. The Hall–Kier alpha value is -5.38. The Morgan fingerprint density at radius 3 is 2.63 bits per heavy atom. The van der Waals surface area contributed by atoms with Gasteiger partial charge in [0.15, 0.2) is 5.78 Å². The second-order valence-electron chi connectivity index (χ2n) is 11.7. The fraction of sp³-hybridized carbons (Fsp3) is 0.333. The normalized spacial score (nSPS) is 18.8. The van der Waals surface area contributed by atoms with Crippen LogP contribution in [0.1, 0.15) is 43.5 Å². The lowest BCUT2D eigenvalue weighted by atomic mass is 9.88. The van der Waals surface area contributed by atoms with Gasteiger partial charge in [-0.2, -0.15) is 18.3 Å². The van der Waals surface area contributed by atoms with Crippen LogP contribution < -0.4 is 15.1 Å². The highest BCUT2D eigenvalue weighted by atomic mass is 19.4. The maximum absolute atomic E-state index is 15.5. The quantitative estimate of drug-likeness (QED) is 0.177. The van der Waals surface area contributed by atoms with E-state index in [-0.39, 0.29) is 36.5 Å². The van der Waals surface area contributed by atoms with Crippen molar-refractivity contribution >= 4 is 40.5 Å². The van der Waals surface area contributed by atoms with Crippen molar-refractivity contribution in [1.82, 2.24) is 19.9 Å². The number of halogens is 4. The van der Waals surface area contributed by atoms with E-state index in [4.69, 9.17) is 9.47 Å². The Kier molecular flexibility index (Phi) is 8.83. The molecular weight excluding hydrogens is 652 g/mol. The van der Waals surface area contributed by atoms with Gasteiger partial charge in [-0.05, 0) is 48.4 Å². The number of carbonyl (C=O) groups excluding carboxylic acids is 4. The lowest BCUT2D eigenvalue weighted by molar-refractivity contribution is -0.167. The zero-order chi connectivity index (χ0) is 35.2. The van der Waals surface area contributed by atoms with Crippen LogP contribution in [-0.2, 0) is 25.5 Å². The monoisotopic (exact) mass is 682 g/mol. The molecule has 0 aliphatic carbocycles. The molecule has 1 aromatic carbocycles. The van der Waals surface area contributed by atoms with Gasteiger partial charge in [-0.25, -0.2) is 13.7 Å². The van der Waals surface area contributed by atoms with Gasteiger partial charge in [-0.1, -0.05) is 6.07 Å². The Morgan fingerprint density at radius 2 is 1.92 bits per heavy atom. The molecule has 0 radical (unpaired) electrons. The third-order valence-electron chi connectivity index (χ3n) is 8.79. The third kappa shape index (κ3) is 6.07. The molecule has 1 N–H and O–H groups in total. The number of nitrogens with zero attached hydrogens (tertiary/aromatic N) is 5. The number of hydrogen-bond acceptors (Lipinski definition) is 9. The molecule has 0 spiro atoms. The van der Waals surface area contributed by atoms with Crippen LogP contribution in [0.2, 0.25) is 0 Å². The van der Waals surface area contributed by atoms with Gasteiger partial charge in [-0.3, -0.25) is 19.4 Å². The summed E-state index contributed by atoms with van der Waals surface area (Å²) in [6.45, 7) is 0.643. The van der Waals surface area contributed by atoms with Crippen LogP contribution in [-0.4, -0.2) is 90.3 Å². The van der Waals surface area contributed by atoms with E-state index in [0.29, 0.717) is 22.3 Å². The molecular formula is C33H30F4N6O6. The number of anilines is 2. The number of fused-ring (bicyclic) bond motifs is 2. The maximum atomic E-state index is 15.5. The summed E-state index contributed by atoms with van der Waals surface area (Å²) in [6.07, 6.45) is -0.445. The Morgan fingerprint density at radius 1 is 1.14 bits per heavy atom. The van der Waals surface area contributed by atoms with E-state index in [1.54, 1.807) is 19.2 Å². The fourth-order valence-electron chi connectivity index (χ4n) is 6.34. The standard InChI is InChI=1S/C33H30F4N6O6/c1-17-12-19(42-10-11-49-16-26(42)33(35,36)37)14-21(34)27(17)30(45)40-22(32(47)48-3)13-18-4-5-24(43-23(18)7-9-39-43)28-29(44)20-6-8-38-15-25(20)41(2)31(28)46/h4-9,12,14-15,22,26,28H,10-11,13,16H2,1-3H3,(H,40,45)/t22-,26+,28?/m0/s1. The summed E-state index contributed by atoms with van der Waals surface area (Å²) in [5, 5.41) is 6.82. The number of benzene rings is 1. The van der Waals surface area contributed by atoms with E-state index in [2.05, 4.69) is 15.4 Å². The van der Waals surface area contributed by atoms with Crippen molar-refractivity contribution < 1.29 is 46.2 Å². The van der Waals surface area contributed by atoms with Crippen molar-refractivity contribution in [2.24, 2.45) is 0 Å². The molecule has 256 valence electrons. The summed E-state index contributed by atoms with van der Waals surface area (Å²) in [6, 6.07) is 5.09. The number of alkyl halides is 3. The van der Waals surface area contributed by atoms with E-state index < -0.39 is 65.7 Å². The Labute approximate surface area is 276 Å². The highest BCUT2D eigenvalue weighted by Gasteiger charge is 2.46. The molecule has 0 saturated carbocycles. The van der Waals surface area contributed by atoms with Crippen molar-refractivity contribution in [1.29, 1.82) is 0 Å². The second kappa shape index (κ2) is 12.9. The number of aryl methyl sites for hydroxylation is 1. The van der Waals surface area contributed by atoms with Crippen molar-refractivity contribution in [3.05, 3.63) is 88.8 Å². The average molecular weight is 683 g/mol. The van der Waals surface area contributed by atoms with E-state index in [9.17, 15) is 32.3 Å². The van der Waals surface area contributed by atoms with Crippen LogP contribution >= 0.6 is 0 Å². The number of hydrogen-bond donors (Lipinski definition) is 1. The van der Waals surface area contributed by atoms with Crippen LogP contribution in [0, 0.1) is 12.7 Å². The van der Waals surface area contributed by atoms with Crippen molar-refractivity contribution in [3.8, 4) is 0 Å². The molecule has 0 bridgehead atoms. The van der Waals surface area contributed by atoms with Crippen LogP contribution in [0.5, 0.6) is 0 Å². The molecule has 3 atom stereocenters. The number of ether oxygens (including phenoxy) is 2. The van der Waals surface area contributed by atoms with E-state index in [1.807, 2.05) is 0 Å². The first-order valence-corrected chi connectivity index (χ1v) is 15.1. The molecule has 6 rings (SSSR count). The zero-order valence-electron chi connectivity index (χ0n) is 26.5. The van der Waals surface area contributed by atoms with E-state index in [0.717, 1.165) is 18.1 Å². The van der Waals surface area contributed by atoms with E-state index >= 15 is 4.39 Å². The molecule has 16 heteroatoms. The molecule has 4 aromatic rings. The topological polar surface area (TPSA) is 135 Å². The lowest BCUT2D eigenvalue weighted by Crippen LogP contribution is -2.53. The zero-order valence-corrected chi connectivity index (χ0v) is 26.5. The number of nitrogens with one attached hydrogen (secondary N) is 1. The molecule has 1 saturated heterocycles. The summed E-state index contributed by atoms with van der Waals surface area (Å²) in [5.41, 5.74) is 1.42. The van der Waals surface area contributed by atoms with Gasteiger partial charge in [0.1, 0.15) is 23.8 Å². The molecule has 3 aromatic heterocycles. The van der Waals surface area contributed by atoms with Gasteiger partial charge < -0.3 is 24.6 Å². The largest absolute Gasteiger partial charge is 0.467 e. The minimum atomic E-state index is -4.63. The highest BCUT2D eigenvalue weighted by Crippen LogP contribution is 2.35. The number of pyridine rings is 2. The molecule has 2 aliphatic rings. The summed E-state index contributed by atoms with van der Waals surface area (Å²) >= 11 is 0. The van der Waals surface area contributed by atoms with Gasteiger partial charge in [0.25, 0.3) is 5.91 Å². The molecule has 2 amide bonds. The first-order chi connectivity index (χ1) is 23.3. The number of rotatable bonds is 7. The number of aromatic nitrogens is 3. The summed E-state index contributed by atoms with van der Waals surface area (Å²) in [7, 11) is 2.66. The summed E-state index contributed by atoms with van der Waals surface area (Å²) < 4.78 is 67.8. The Bertz CT molecular complexity index is 1960. The van der Waals surface area contributed by atoms with Gasteiger partial charge in [0.2, 0.25) is 5.91 Å². The Balaban J connectivity index is 1.27. The number of likely N-dealkylation sites (N-methyl/N-ethyl adjacent to an activating group) is 1. The number of amides is 2. The molecule has 1 unspecified atom stereocenters. The minimum Gasteiger partial charge on any atom is -0.467 e. The van der Waals surface area contributed by atoms with Crippen molar-refractivity contribution in [3.63, 3.8) is 0 Å². The third-order valence-corrected chi connectivity index (χ3v) is 8.79. The van der Waals surface area contributed by atoms with Gasteiger partial charge in [0, 0.05) is 43.7 Å². The number of ketones is 1. The highest BCUT2D eigenvalue weighted by molar-refractivity contribution is 6.24. The van der Waals surface area contributed by atoms with Crippen LogP contribution in [0.3, 0.4) is 0 Å².